The van der Waals surface area contributed by atoms with Crippen LogP contribution in [0.25, 0.3) is 0 Å². The minimum absolute atomic E-state index is 0.299. The molecule has 0 aliphatic rings. The fourth-order valence-corrected chi connectivity index (χ4v) is 1.38. The third-order valence-corrected chi connectivity index (χ3v) is 2.43. The van der Waals surface area contributed by atoms with Crippen LogP contribution in [0.1, 0.15) is 19.3 Å². The molecule has 0 aliphatic carbocycles. The van der Waals surface area contributed by atoms with E-state index in [4.69, 9.17) is 21.1 Å². The molecule has 0 radical (unpaired) electrons. The van der Waals surface area contributed by atoms with Crippen molar-refractivity contribution in [2.24, 2.45) is 5.73 Å². The number of carbonyl (C=O) groups is 5. The van der Waals surface area contributed by atoms with Gasteiger partial charge >= 0.3 is 17.9 Å². The van der Waals surface area contributed by atoms with Crippen LogP contribution in [0.3, 0.4) is 0 Å². The standard InChI is InChI=1S/C11H17N3O8/c12-5(3-8(17)18)10(21)14-6(1-2-7(15)16)11(22)13-4-9(19)20/h5-6H,1-4,12H2,(H,13,22)(H,14,21)(H,15,16)(H,17,18)(H,19,20). The van der Waals surface area contributed by atoms with Crippen LogP contribution in [0.2, 0.25) is 0 Å². The van der Waals surface area contributed by atoms with E-state index >= 15 is 0 Å². The third-order valence-electron chi connectivity index (χ3n) is 2.43. The predicted octanol–water partition coefficient (Wildman–Crippen LogP) is -2.66. The first-order valence-corrected chi connectivity index (χ1v) is 6.12. The summed E-state index contributed by atoms with van der Waals surface area (Å²) in [6.07, 6.45) is -1.43. The van der Waals surface area contributed by atoms with E-state index in [1.807, 2.05) is 5.32 Å². The van der Waals surface area contributed by atoms with Crippen molar-refractivity contribution in [1.82, 2.24) is 10.6 Å². The number of carboxylic acid groups (broad SMARTS) is 3. The molecule has 11 heteroatoms. The average molecular weight is 319 g/mol. The highest BCUT2D eigenvalue weighted by Gasteiger charge is 2.25. The van der Waals surface area contributed by atoms with Gasteiger partial charge in [0.05, 0.1) is 12.5 Å². The zero-order chi connectivity index (χ0) is 17.3. The summed E-state index contributed by atoms with van der Waals surface area (Å²) in [5.74, 6) is -5.72. The van der Waals surface area contributed by atoms with Gasteiger partial charge in [-0.2, -0.15) is 0 Å². The second kappa shape index (κ2) is 9.28. The van der Waals surface area contributed by atoms with Crippen molar-refractivity contribution < 1.29 is 39.3 Å². The Kier molecular flexibility index (Phi) is 8.15. The SMILES string of the molecule is NC(CC(=O)O)C(=O)NC(CCC(=O)O)C(=O)NCC(=O)O. The van der Waals surface area contributed by atoms with Crippen molar-refractivity contribution >= 4 is 29.7 Å². The summed E-state index contributed by atoms with van der Waals surface area (Å²) in [5.41, 5.74) is 5.31. The van der Waals surface area contributed by atoms with Crippen molar-refractivity contribution in [2.75, 3.05) is 6.54 Å². The molecule has 2 unspecified atom stereocenters. The fourth-order valence-electron chi connectivity index (χ4n) is 1.38. The van der Waals surface area contributed by atoms with Crippen molar-refractivity contribution in [3.05, 3.63) is 0 Å². The van der Waals surface area contributed by atoms with Crippen molar-refractivity contribution in [3.63, 3.8) is 0 Å². The van der Waals surface area contributed by atoms with E-state index in [9.17, 15) is 24.0 Å². The van der Waals surface area contributed by atoms with Crippen LogP contribution in [-0.4, -0.2) is 63.7 Å². The predicted molar refractivity (Wildman–Crippen MR) is 69.7 cm³/mol. The number of carboxylic acids is 3. The summed E-state index contributed by atoms with van der Waals surface area (Å²) >= 11 is 0. The molecule has 7 N–H and O–H groups in total. The van der Waals surface area contributed by atoms with Crippen LogP contribution in [0.4, 0.5) is 0 Å². The van der Waals surface area contributed by atoms with Gasteiger partial charge in [0.2, 0.25) is 11.8 Å². The monoisotopic (exact) mass is 319 g/mol. The molecule has 0 aromatic rings. The molecule has 22 heavy (non-hydrogen) atoms. The number of hydrogen-bond acceptors (Lipinski definition) is 6. The lowest BCUT2D eigenvalue weighted by atomic mass is 10.1. The summed E-state index contributed by atoms with van der Waals surface area (Å²) in [6, 6.07) is -2.75. The summed E-state index contributed by atoms with van der Waals surface area (Å²) in [4.78, 5) is 54.7. The Morgan fingerprint density at radius 1 is 0.909 bits per heavy atom. The second-order valence-electron chi connectivity index (χ2n) is 4.31. The molecule has 0 aliphatic heterocycles. The van der Waals surface area contributed by atoms with Gasteiger partial charge in [-0.1, -0.05) is 0 Å². The molecule has 0 aromatic carbocycles. The van der Waals surface area contributed by atoms with E-state index in [0.29, 0.717) is 0 Å². The zero-order valence-corrected chi connectivity index (χ0v) is 11.4. The number of rotatable bonds is 10. The Balaban J connectivity index is 4.73. The molecule has 11 nitrogen and oxygen atoms in total. The van der Waals surface area contributed by atoms with E-state index in [0.717, 1.165) is 0 Å². The third kappa shape index (κ3) is 8.47. The molecule has 2 atom stereocenters. The van der Waals surface area contributed by atoms with Crippen LogP contribution < -0.4 is 16.4 Å². The van der Waals surface area contributed by atoms with E-state index in [1.165, 1.54) is 0 Å². The highest BCUT2D eigenvalue weighted by molar-refractivity contribution is 5.92. The van der Waals surface area contributed by atoms with Crippen LogP contribution >= 0.6 is 0 Å². The van der Waals surface area contributed by atoms with Crippen LogP contribution in [0.15, 0.2) is 0 Å². The number of amides is 2. The first kappa shape index (κ1) is 19.3. The van der Waals surface area contributed by atoms with E-state index in [2.05, 4.69) is 5.32 Å². The number of hydrogen-bond donors (Lipinski definition) is 6. The van der Waals surface area contributed by atoms with Crippen molar-refractivity contribution in [2.45, 2.75) is 31.3 Å². The molecule has 0 heterocycles. The van der Waals surface area contributed by atoms with Crippen LogP contribution in [-0.2, 0) is 24.0 Å². The Bertz CT molecular complexity index is 464. The summed E-state index contributed by atoms with van der Waals surface area (Å²) in [6.45, 7) is -0.709. The van der Waals surface area contributed by atoms with Gasteiger partial charge in [-0.15, -0.1) is 0 Å². The van der Waals surface area contributed by atoms with E-state index in [-0.39, 0.29) is 6.42 Å². The smallest absolute Gasteiger partial charge is 0.322 e. The maximum absolute atomic E-state index is 11.7. The molecular formula is C11H17N3O8. The van der Waals surface area contributed by atoms with E-state index < -0.39 is 61.2 Å². The summed E-state index contributed by atoms with van der Waals surface area (Å²) in [5, 5.41) is 29.6. The molecule has 0 rings (SSSR count). The highest BCUT2D eigenvalue weighted by Crippen LogP contribution is 2.00. The molecule has 0 saturated carbocycles. The number of nitrogens with two attached hydrogens (primary N) is 1. The molecule has 0 spiro atoms. The van der Waals surface area contributed by atoms with Gasteiger partial charge in [-0.25, -0.2) is 0 Å². The molecule has 0 bridgehead atoms. The zero-order valence-electron chi connectivity index (χ0n) is 11.4. The lowest BCUT2D eigenvalue weighted by Crippen LogP contribution is -2.52. The number of aliphatic carboxylic acids is 3. The largest absolute Gasteiger partial charge is 0.481 e. The summed E-state index contributed by atoms with van der Waals surface area (Å²) < 4.78 is 0. The van der Waals surface area contributed by atoms with Crippen LogP contribution in [0, 0.1) is 0 Å². The second-order valence-corrected chi connectivity index (χ2v) is 4.31. The van der Waals surface area contributed by atoms with Crippen molar-refractivity contribution in [3.8, 4) is 0 Å². The average Bonchev–Trinajstić information content (AvgIpc) is 2.39. The van der Waals surface area contributed by atoms with Gasteiger partial charge in [0.15, 0.2) is 0 Å². The Morgan fingerprint density at radius 3 is 1.95 bits per heavy atom. The molecule has 2 amide bonds. The normalized spacial score (nSPS) is 12.8. The first-order valence-electron chi connectivity index (χ1n) is 6.12. The Morgan fingerprint density at radius 2 is 1.50 bits per heavy atom. The first-order chi connectivity index (χ1) is 10.1. The van der Waals surface area contributed by atoms with Gasteiger partial charge in [-0.3, -0.25) is 24.0 Å². The Hall–Kier alpha value is -2.69. The maximum atomic E-state index is 11.7. The maximum Gasteiger partial charge on any atom is 0.322 e. The summed E-state index contributed by atoms with van der Waals surface area (Å²) in [7, 11) is 0. The van der Waals surface area contributed by atoms with Gasteiger partial charge < -0.3 is 31.7 Å². The van der Waals surface area contributed by atoms with Gasteiger partial charge in [-0.05, 0) is 6.42 Å². The molecule has 124 valence electrons. The Labute approximate surface area is 124 Å². The fraction of sp³-hybridized carbons (Fsp3) is 0.545. The lowest BCUT2D eigenvalue weighted by molar-refractivity contribution is -0.141. The number of carbonyl (C=O) groups excluding carboxylic acids is 2. The quantitative estimate of drug-likeness (QED) is 0.249. The number of nitrogens with one attached hydrogen (secondary N) is 2. The van der Waals surface area contributed by atoms with Crippen LogP contribution in [0.5, 0.6) is 0 Å². The van der Waals surface area contributed by atoms with E-state index in [1.54, 1.807) is 0 Å². The molecule has 0 saturated heterocycles. The molecule has 0 aromatic heterocycles. The molecular weight excluding hydrogens is 302 g/mol. The van der Waals surface area contributed by atoms with Gasteiger partial charge in [0, 0.05) is 6.42 Å². The minimum atomic E-state index is -1.42. The highest BCUT2D eigenvalue weighted by atomic mass is 16.4. The molecule has 0 fully saturated rings. The van der Waals surface area contributed by atoms with Gasteiger partial charge in [0.25, 0.3) is 0 Å². The topological polar surface area (TPSA) is 196 Å². The minimum Gasteiger partial charge on any atom is -0.481 e. The lowest BCUT2D eigenvalue weighted by Gasteiger charge is -2.19. The van der Waals surface area contributed by atoms with Gasteiger partial charge in [0.1, 0.15) is 12.6 Å². The van der Waals surface area contributed by atoms with Crippen molar-refractivity contribution in [1.29, 1.82) is 0 Å².